The van der Waals surface area contributed by atoms with E-state index in [9.17, 15) is 4.79 Å². The van der Waals surface area contributed by atoms with E-state index < -0.39 is 0 Å². The van der Waals surface area contributed by atoms with Gasteiger partial charge in [-0.15, -0.1) is 11.3 Å². The number of hydrogen-bond acceptors (Lipinski definition) is 4. The van der Waals surface area contributed by atoms with Gasteiger partial charge in [0.25, 0.3) is 5.91 Å². The van der Waals surface area contributed by atoms with Crippen molar-refractivity contribution in [2.45, 2.75) is 13.8 Å². The number of aryl methyl sites for hydroxylation is 1. The molecule has 0 aliphatic carbocycles. The van der Waals surface area contributed by atoms with Crippen LogP contribution in [0, 0.1) is 6.92 Å². The van der Waals surface area contributed by atoms with E-state index in [1.54, 1.807) is 12.4 Å². The van der Waals surface area contributed by atoms with Crippen molar-refractivity contribution in [3.63, 3.8) is 0 Å². The van der Waals surface area contributed by atoms with Gasteiger partial charge in [0.05, 0.1) is 5.71 Å². The highest BCUT2D eigenvalue weighted by Gasteiger charge is 2.14. The normalized spacial score (nSPS) is 11.3. The first kappa shape index (κ1) is 16.1. The minimum Gasteiger partial charge on any atom is -0.266 e. The molecule has 0 saturated carbocycles. The molecule has 24 heavy (non-hydrogen) atoms. The van der Waals surface area contributed by atoms with Crippen LogP contribution in [0.4, 0.5) is 0 Å². The van der Waals surface area contributed by atoms with Crippen LogP contribution in [0.1, 0.15) is 27.7 Å². The second-order valence-corrected chi connectivity index (χ2v) is 6.32. The molecule has 1 amide bonds. The molecule has 0 fully saturated rings. The second kappa shape index (κ2) is 7.19. The minimum absolute atomic E-state index is 0.200. The van der Waals surface area contributed by atoms with Crippen LogP contribution in [-0.2, 0) is 0 Å². The van der Waals surface area contributed by atoms with Gasteiger partial charge in [-0.2, -0.15) is 5.10 Å². The molecule has 3 rings (SSSR count). The Labute approximate surface area is 144 Å². The van der Waals surface area contributed by atoms with E-state index in [4.69, 9.17) is 0 Å². The van der Waals surface area contributed by atoms with Crippen LogP contribution < -0.4 is 5.43 Å². The van der Waals surface area contributed by atoms with Gasteiger partial charge in [0, 0.05) is 23.5 Å². The third-order valence-corrected chi connectivity index (χ3v) is 4.57. The first-order valence-corrected chi connectivity index (χ1v) is 8.42. The highest BCUT2D eigenvalue weighted by Crippen LogP contribution is 2.28. The Bertz CT molecular complexity index is 867. The zero-order valence-electron chi connectivity index (χ0n) is 13.5. The number of carbonyl (C=O) groups is 1. The van der Waals surface area contributed by atoms with Crippen LogP contribution in [0.25, 0.3) is 11.1 Å². The molecule has 0 atom stereocenters. The largest absolute Gasteiger partial charge is 0.282 e. The van der Waals surface area contributed by atoms with Crippen LogP contribution in [0.3, 0.4) is 0 Å². The summed E-state index contributed by atoms with van der Waals surface area (Å²) in [5.41, 5.74) is 7.45. The van der Waals surface area contributed by atoms with Gasteiger partial charge in [0.15, 0.2) is 0 Å². The number of thiophene rings is 1. The van der Waals surface area contributed by atoms with E-state index in [1.807, 2.05) is 61.7 Å². The highest BCUT2D eigenvalue weighted by molar-refractivity contribution is 7.12. The highest BCUT2D eigenvalue weighted by atomic mass is 32.1. The Kier molecular flexibility index (Phi) is 4.82. The maximum atomic E-state index is 12.5. The Morgan fingerprint density at radius 2 is 1.79 bits per heavy atom. The minimum atomic E-state index is -0.200. The van der Waals surface area contributed by atoms with E-state index in [2.05, 4.69) is 15.5 Å². The molecule has 0 spiro atoms. The molecular formula is C19H17N3OS. The summed E-state index contributed by atoms with van der Waals surface area (Å²) in [5.74, 6) is -0.200. The molecule has 1 N–H and O–H groups in total. The van der Waals surface area contributed by atoms with Crippen molar-refractivity contribution in [3.05, 3.63) is 76.2 Å². The third kappa shape index (κ3) is 3.58. The maximum Gasteiger partial charge on any atom is 0.282 e. The number of pyridine rings is 1. The molecular weight excluding hydrogens is 318 g/mol. The van der Waals surface area contributed by atoms with Crippen molar-refractivity contribution in [2.24, 2.45) is 5.10 Å². The number of hydrogen-bond donors (Lipinski definition) is 1. The Morgan fingerprint density at radius 1 is 1.08 bits per heavy atom. The number of benzene rings is 1. The van der Waals surface area contributed by atoms with Gasteiger partial charge in [0.2, 0.25) is 0 Å². The van der Waals surface area contributed by atoms with Crippen LogP contribution in [0.15, 0.2) is 65.3 Å². The van der Waals surface area contributed by atoms with Crippen LogP contribution >= 0.6 is 11.3 Å². The number of carbonyl (C=O) groups excluding carboxylic acids is 1. The van der Waals surface area contributed by atoms with Gasteiger partial charge in [-0.05, 0) is 43.0 Å². The van der Waals surface area contributed by atoms with Crippen LogP contribution in [0.2, 0.25) is 0 Å². The summed E-state index contributed by atoms with van der Waals surface area (Å²) in [6.45, 7) is 3.90. The van der Waals surface area contributed by atoms with Crippen molar-refractivity contribution in [2.75, 3.05) is 0 Å². The molecule has 5 heteroatoms. The topological polar surface area (TPSA) is 54.4 Å². The number of nitrogens with one attached hydrogen (secondary N) is 1. The van der Waals surface area contributed by atoms with E-state index in [0.717, 1.165) is 22.4 Å². The van der Waals surface area contributed by atoms with Crippen molar-refractivity contribution in [1.82, 2.24) is 10.4 Å². The van der Waals surface area contributed by atoms with Crippen LogP contribution in [0.5, 0.6) is 0 Å². The summed E-state index contributed by atoms with van der Waals surface area (Å²) in [5, 5.41) is 6.12. The molecule has 120 valence electrons. The fourth-order valence-corrected chi connectivity index (χ4v) is 3.09. The fourth-order valence-electron chi connectivity index (χ4n) is 2.29. The zero-order valence-corrected chi connectivity index (χ0v) is 14.3. The second-order valence-electron chi connectivity index (χ2n) is 5.40. The molecule has 0 unspecified atom stereocenters. The van der Waals surface area contributed by atoms with Crippen molar-refractivity contribution in [3.8, 4) is 11.1 Å². The molecule has 2 heterocycles. The Morgan fingerprint density at radius 3 is 2.50 bits per heavy atom. The molecule has 3 aromatic rings. The molecule has 0 radical (unpaired) electrons. The Balaban J connectivity index is 1.79. The van der Waals surface area contributed by atoms with Crippen molar-refractivity contribution < 1.29 is 4.79 Å². The molecule has 4 nitrogen and oxygen atoms in total. The van der Waals surface area contributed by atoms with Crippen molar-refractivity contribution >= 4 is 23.0 Å². The first-order valence-electron chi connectivity index (χ1n) is 7.54. The lowest BCUT2D eigenvalue weighted by Crippen LogP contribution is -2.18. The third-order valence-electron chi connectivity index (χ3n) is 3.66. The number of amides is 1. The SMILES string of the molecule is C/C(=N/NC(=O)c1sccc1-c1ccc(C)cc1)c1ccncc1. The monoisotopic (exact) mass is 335 g/mol. The fraction of sp³-hybridized carbons (Fsp3) is 0.105. The number of hydrazone groups is 1. The number of rotatable bonds is 4. The predicted molar refractivity (Wildman–Crippen MR) is 98.4 cm³/mol. The lowest BCUT2D eigenvalue weighted by Gasteiger charge is -2.05. The standard InChI is InChI=1S/C19H17N3OS/c1-13-3-5-16(6-4-13)17-9-12-24-18(17)19(23)22-21-14(2)15-7-10-20-11-8-15/h3-12H,1-2H3,(H,22,23)/b21-14-. The van der Waals surface area contributed by atoms with Crippen molar-refractivity contribution in [1.29, 1.82) is 0 Å². The average molecular weight is 335 g/mol. The van der Waals surface area contributed by atoms with Gasteiger partial charge in [0.1, 0.15) is 4.88 Å². The van der Waals surface area contributed by atoms with Gasteiger partial charge in [-0.3, -0.25) is 9.78 Å². The summed E-state index contributed by atoms with van der Waals surface area (Å²) in [6.07, 6.45) is 3.40. The molecule has 0 aliphatic rings. The van der Waals surface area contributed by atoms with E-state index in [-0.39, 0.29) is 5.91 Å². The zero-order chi connectivity index (χ0) is 16.9. The van der Waals surface area contributed by atoms with Gasteiger partial charge in [-0.25, -0.2) is 5.43 Å². The summed E-state index contributed by atoms with van der Waals surface area (Å²) in [6, 6.07) is 13.8. The lowest BCUT2D eigenvalue weighted by molar-refractivity contribution is 0.0959. The predicted octanol–water partition coefficient (Wildman–Crippen LogP) is 4.27. The molecule has 2 aromatic heterocycles. The summed E-state index contributed by atoms with van der Waals surface area (Å²) in [4.78, 5) is 17.1. The van der Waals surface area contributed by atoms with Gasteiger partial charge >= 0.3 is 0 Å². The quantitative estimate of drug-likeness (QED) is 0.572. The summed E-state index contributed by atoms with van der Waals surface area (Å²) < 4.78 is 0. The van der Waals surface area contributed by atoms with E-state index in [1.165, 1.54) is 16.9 Å². The average Bonchev–Trinajstić information content (AvgIpc) is 3.10. The van der Waals surface area contributed by atoms with E-state index in [0.29, 0.717) is 4.88 Å². The number of nitrogens with zero attached hydrogens (tertiary/aromatic N) is 2. The molecule has 0 aliphatic heterocycles. The Hall–Kier alpha value is -2.79. The lowest BCUT2D eigenvalue weighted by atomic mass is 10.1. The van der Waals surface area contributed by atoms with Gasteiger partial charge < -0.3 is 0 Å². The summed E-state index contributed by atoms with van der Waals surface area (Å²) >= 11 is 1.41. The first-order chi connectivity index (χ1) is 11.6. The van der Waals surface area contributed by atoms with Gasteiger partial charge in [-0.1, -0.05) is 29.8 Å². The molecule has 0 bridgehead atoms. The molecule has 0 saturated heterocycles. The summed E-state index contributed by atoms with van der Waals surface area (Å²) in [7, 11) is 0. The number of aromatic nitrogens is 1. The smallest absolute Gasteiger partial charge is 0.266 e. The maximum absolute atomic E-state index is 12.5. The molecule has 1 aromatic carbocycles. The van der Waals surface area contributed by atoms with Crippen LogP contribution in [-0.4, -0.2) is 16.6 Å². The van der Waals surface area contributed by atoms with E-state index >= 15 is 0 Å².